The number of hydrogen-bond donors (Lipinski definition) is 1. The van der Waals surface area contributed by atoms with Crippen molar-refractivity contribution in [3.63, 3.8) is 0 Å². The molecule has 0 atom stereocenters. The van der Waals surface area contributed by atoms with Gasteiger partial charge in [-0.2, -0.15) is 0 Å². The van der Waals surface area contributed by atoms with E-state index in [1.807, 2.05) is 12.1 Å². The fraction of sp³-hybridized carbons (Fsp3) is 0.200. The van der Waals surface area contributed by atoms with Gasteiger partial charge >= 0.3 is 0 Å². The second kappa shape index (κ2) is 5.47. The average molecular weight is 382 g/mol. The van der Waals surface area contributed by atoms with Crippen LogP contribution in [0, 0.1) is 3.57 Å². The summed E-state index contributed by atoms with van der Waals surface area (Å²) < 4.78 is 6.62. The van der Waals surface area contributed by atoms with Gasteiger partial charge in [-0.1, -0.05) is 11.6 Å². The van der Waals surface area contributed by atoms with E-state index in [0.717, 1.165) is 14.1 Å². The van der Waals surface area contributed by atoms with Crippen molar-refractivity contribution in [2.75, 3.05) is 12.8 Å². The van der Waals surface area contributed by atoms with E-state index in [0.29, 0.717) is 22.6 Å². The number of hydrogen-bond acceptors (Lipinski definition) is 5. The van der Waals surface area contributed by atoms with Crippen molar-refractivity contribution in [3.05, 3.63) is 25.7 Å². The molecule has 7 heteroatoms. The highest BCUT2D eigenvalue weighted by Crippen LogP contribution is 2.30. The molecule has 0 bridgehead atoms. The van der Waals surface area contributed by atoms with E-state index in [-0.39, 0.29) is 0 Å². The van der Waals surface area contributed by atoms with Crippen LogP contribution in [0.1, 0.15) is 5.69 Å². The molecule has 0 aliphatic carbocycles. The zero-order valence-corrected chi connectivity index (χ0v) is 12.6. The van der Waals surface area contributed by atoms with Crippen LogP contribution < -0.4 is 5.73 Å². The molecule has 0 aromatic carbocycles. The highest BCUT2D eigenvalue weighted by Gasteiger charge is 2.12. The Morgan fingerprint density at radius 3 is 2.82 bits per heavy atom. The Balaban J connectivity index is 2.48. The molecular formula is C10H9ClIN3OS. The molecule has 2 N–H and O–H groups in total. The molecule has 2 aromatic rings. The monoisotopic (exact) mass is 381 g/mol. The van der Waals surface area contributed by atoms with Gasteiger partial charge in [0.05, 0.1) is 25.1 Å². The number of methoxy groups -OCH3 is 1. The summed E-state index contributed by atoms with van der Waals surface area (Å²) in [5.41, 5.74) is 6.65. The van der Waals surface area contributed by atoms with Crippen molar-refractivity contribution in [2.45, 2.75) is 6.61 Å². The van der Waals surface area contributed by atoms with Crippen LogP contribution in [0.5, 0.6) is 0 Å². The van der Waals surface area contributed by atoms with Crippen molar-refractivity contribution < 1.29 is 4.74 Å². The van der Waals surface area contributed by atoms with E-state index in [4.69, 9.17) is 22.1 Å². The van der Waals surface area contributed by atoms with Gasteiger partial charge in [-0.25, -0.2) is 9.97 Å². The molecule has 0 saturated carbocycles. The van der Waals surface area contributed by atoms with Crippen LogP contribution in [-0.2, 0) is 11.3 Å². The summed E-state index contributed by atoms with van der Waals surface area (Å²) in [7, 11) is 1.62. The lowest BCUT2D eigenvalue weighted by Crippen LogP contribution is -2.05. The molecule has 0 amide bonds. The summed E-state index contributed by atoms with van der Waals surface area (Å²) in [6, 6.07) is 3.69. The first kappa shape index (κ1) is 13.0. The first-order valence-corrected chi connectivity index (χ1v) is 6.95. The maximum absolute atomic E-state index is 5.89. The number of halogens is 2. The van der Waals surface area contributed by atoms with Gasteiger partial charge in [0.1, 0.15) is 5.82 Å². The highest BCUT2D eigenvalue weighted by molar-refractivity contribution is 14.1. The van der Waals surface area contributed by atoms with Crippen molar-refractivity contribution in [2.24, 2.45) is 0 Å². The molecule has 0 fully saturated rings. The second-order valence-electron chi connectivity index (χ2n) is 3.23. The minimum absolute atomic E-state index is 0.414. The van der Waals surface area contributed by atoms with Crippen LogP contribution in [0.2, 0.25) is 4.34 Å². The molecular weight excluding hydrogens is 373 g/mol. The third kappa shape index (κ3) is 2.87. The fourth-order valence-corrected chi connectivity index (χ4v) is 2.66. The van der Waals surface area contributed by atoms with Gasteiger partial charge < -0.3 is 10.5 Å². The Kier molecular flexibility index (Phi) is 4.18. The summed E-state index contributed by atoms with van der Waals surface area (Å²) in [6.07, 6.45) is 0. The van der Waals surface area contributed by atoms with Crippen molar-refractivity contribution in [1.29, 1.82) is 0 Å². The van der Waals surface area contributed by atoms with Crippen LogP contribution in [-0.4, -0.2) is 17.1 Å². The van der Waals surface area contributed by atoms with Gasteiger partial charge in [-0.3, -0.25) is 0 Å². The van der Waals surface area contributed by atoms with E-state index >= 15 is 0 Å². The number of ether oxygens (including phenoxy) is 1. The van der Waals surface area contributed by atoms with Crippen LogP contribution >= 0.6 is 45.5 Å². The lowest BCUT2D eigenvalue weighted by Gasteiger charge is -2.07. The summed E-state index contributed by atoms with van der Waals surface area (Å²) in [6.45, 7) is 0.414. The quantitative estimate of drug-likeness (QED) is 0.830. The van der Waals surface area contributed by atoms with Gasteiger partial charge in [-0.05, 0) is 34.7 Å². The molecule has 0 radical (unpaired) electrons. The lowest BCUT2D eigenvalue weighted by molar-refractivity contribution is 0.181. The first-order chi connectivity index (χ1) is 8.11. The molecule has 0 spiro atoms. The third-order valence-corrected chi connectivity index (χ3v) is 4.42. The van der Waals surface area contributed by atoms with Crippen LogP contribution in [0.25, 0.3) is 10.7 Å². The summed E-state index contributed by atoms with van der Waals surface area (Å²) in [5.74, 6) is 1.05. The van der Waals surface area contributed by atoms with E-state index in [9.17, 15) is 0 Å². The van der Waals surface area contributed by atoms with Crippen molar-refractivity contribution >= 4 is 51.3 Å². The maximum Gasteiger partial charge on any atom is 0.172 e. The zero-order valence-electron chi connectivity index (χ0n) is 8.91. The highest BCUT2D eigenvalue weighted by atomic mass is 127. The van der Waals surface area contributed by atoms with E-state index < -0.39 is 0 Å². The summed E-state index contributed by atoms with van der Waals surface area (Å²) in [4.78, 5) is 9.59. The van der Waals surface area contributed by atoms with Crippen molar-refractivity contribution in [3.8, 4) is 10.7 Å². The number of nitrogens with zero attached hydrogens (tertiary/aromatic N) is 2. The SMILES string of the molecule is COCc1nc(-c2ccc(Cl)s2)nc(N)c1I. The minimum atomic E-state index is 0.414. The Bertz CT molecular complexity index is 546. The molecule has 0 unspecified atom stereocenters. The number of nitrogens with two attached hydrogens (primary N) is 1. The standard InChI is InChI=1S/C10H9ClIN3OS/c1-16-4-5-8(12)9(13)15-10(14-5)6-2-3-7(11)17-6/h2-3H,4H2,1H3,(H2,13,14,15). The number of rotatable bonds is 3. The van der Waals surface area contributed by atoms with E-state index in [1.54, 1.807) is 7.11 Å². The predicted octanol–water partition coefficient (Wildman–Crippen LogP) is 3.19. The molecule has 90 valence electrons. The number of anilines is 1. The third-order valence-electron chi connectivity index (χ3n) is 2.02. The van der Waals surface area contributed by atoms with Gasteiger partial charge in [0.25, 0.3) is 0 Å². The molecule has 0 aliphatic heterocycles. The van der Waals surface area contributed by atoms with Crippen LogP contribution in [0.4, 0.5) is 5.82 Å². The molecule has 0 aliphatic rings. The summed E-state index contributed by atoms with van der Waals surface area (Å²) in [5, 5.41) is 0. The Morgan fingerprint density at radius 2 is 2.24 bits per heavy atom. The second-order valence-corrected chi connectivity index (χ2v) is 6.02. The molecule has 2 aromatic heterocycles. The van der Waals surface area contributed by atoms with Gasteiger partial charge in [0.2, 0.25) is 0 Å². The fourth-order valence-electron chi connectivity index (χ4n) is 1.29. The summed E-state index contributed by atoms with van der Waals surface area (Å²) >= 11 is 9.43. The van der Waals surface area contributed by atoms with Gasteiger partial charge in [-0.15, -0.1) is 11.3 Å². The lowest BCUT2D eigenvalue weighted by atomic mass is 10.3. The van der Waals surface area contributed by atoms with E-state index in [1.165, 1.54) is 11.3 Å². The predicted molar refractivity (Wildman–Crippen MR) is 78.2 cm³/mol. The Labute approximate surface area is 121 Å². The normalized spacial score (nSPS) is 10.8. The number of aromatic nitrogens is 2. The average Bonchev–Trinajstić information content (AvgIpc) is 2.71. The van der Waals surface area contributed by atoms with Crippen LogP contribution in [0.15, 0.2) is 12.1 Å². The largest absolute Gasteiger partial charge is 0.383 e. The first-order valence-electron chi connectivity index (χ1n) is 4.68. The van der Waals surface area contributed by atoms with Crippen LogP contribution in [0.3, 0.4) is 0 Å². The van der Waals surface area contributed by atoms with Gasteiger partial charge in [0.15, 0.2) is 5.82 Å². The Morgan fingerprint density at radius 1 is 1.47 bits per heavy atom. The molecule has 17 heavy (non-hydrogen) atoms. The topological polar surface area (TPSA) is 61.0 Å². The maximum atomic E-state index is 5.89. The number of nitrogen functional groups attached to an aromatic ring is 1. The zero-order chi connectivity index (χ0) is 12.4. The smallest absolute Gasteiger partial charge is 0.172 e. The van der Waals surface area contributed by atoms with Gasteiger partial charge in [0, 0.05) is 7.11 Å². The minimum Gasteiger partial charge on any atom is -0.383 e. The number of thiophene rings is 1. The molecule has 4 nitrogen and oxygen atoms in total. The molecule has 2 heterocycles. The van der Waals surface area contributed by atoms with Crippen molar-refractivity contribution in [1.82, 2.24) is 9.97 Å². The molecule has 0 saturated heterocycles. The Hall–Kier alpha value is -0.440. The van der Waals surface area contributed by atoms with E-state index in [2.05, 4.69) is 32.6 Å². The molecule has 2 rings (SSSR count).